The highest BCUT2D eigenvalue weighted by Crippen LogP contribution is 2.37. The SMILES string of the molecule is CCOC(=O)C(Cl)c1cc(C)c(C2CCCCC2)c(F)c1. The molecule has 0 saturated heterocycles. The zero-order valence-electron chi connectivity index (χ0n) is 12.6. The molecule has 0 radical (unpaired) electrons. The molecule has 116 valence electrons. The van der Waals surface area contributed by atoms with Crippen LogP contribution in [-0.4, -0.2) is 12.6 Å². The molecular formula is C17H22ClFO2. The van der Waals surface area contributed by atoms with Crippen molar-refractivity contribution >= 4 is 17.6 Å². The van der Waals surface area contributed by atoms with Crippen LogP contribution >= 0.6 is 11.6 Å². The number of esters is 1. The van der Waals surface area contributed by atoms with Gasteiger partial charge in [0.05, 0.1) is 6.61 Å². The molecule has 0 spiro atoms. The van der Waals surface area contributed by atoms with E-state index in [0.29, 0.717) is 11.5 Å². The first-order chi connectivity index (χ1) is 10.0. The zero-order valence-corrected chi connectivity index (χ0v) is 13.4. The third-order valence-corrected chi connectivity index (χ3v) is 4.59. The number of alkyl halides is 1. The van der Waals surface area contributed by atoms with Crippen molar-refractivity contribution in [3.63, 3.8) is 0 Å². The summed E-state index contributed by atoms with van der Waals surface area (Å²) in [6, 6.07) is 3.22. The lowest BCUT2D eigenvalue weighted by Gasteiger charge is -2.25. The first-order valence-corrected chi connectivity index (χ1v) is 8.08. The van der Waals surface area contributed by atoms with Gasteiger partial charge in [0.1, 0.15) is 5.82 Å². The number of hydrogen-bond donors (Lipinski definition) is 0. The Morgan fingerprint density at radius 1 is 1.38 bits per heavy atom. The molecule has 1 fully saturated rings. The van der Waals surface area contributed by atoms with Gasteiger partial charge in [-0.25, -0.2) is 4.39 Å². The van der Waals surface area contributed by atoms with Crippen molar-refractivity contribution in [2.24, 2.45) is 0 Å². The highest BCUT2D eigenvalue weighted by atomic mass is 35.5. The quantitative estimate of drug-likeness (QED) is 0.576. The molecule has 2 rings (SSSR count). The Balaban J connectivity index is 2.26. The van der Waals surface area contributed by atoms with Crippen molar-refractivity contribution < 1.29 is 13.9 Å². The van der Waals surface area contributed by atoms with Crippen LogP contribution in [0.1, 0.15) is 67.0 Å². The summed E-state index contributed by atoms with van der Waals surface area (Å²) < 4.78 is 19.4. The van der Waals surface area contributed by atoms with E-state index in [-0.39, 0.29) is 12.4 Å². The predicted molar refractivity (Wildman–Crippen MR) is 82.2 cm³/mol. The fraction of sp³-hybridized carbons (Fsp3) is 0.588. The van der Waals surface area contributed by atoms with E-state index in [1.54, 1.807) is 6.92 Å². The normalized spacial score (nSPS) is 17.5. The summed E-state index contributed by atoms with van der Waals surface area (Å²) in [7, 11) is 0. The Labute approximate surface area is 130 Å². The van der Waals surface area contributed by atoms with Gasteiger partial charge in [0.2, 0.25) is 0 Å². The van der Waals surface area contributed by atoms with Gasteiger partial charge in [0.25, 0.3) is 0 Å². The molecule has 0 bridgehead atoms. The van der Waals surface area contributed by atoms with Crippen molar-refractivity contribution in [1.82, 2.24) is 0 Å². The van der Waals surface area contributed by atoms with E-state index in [1.165, 1.54) is 12.5 Å². The number of halogens is 2. The Bertz CT molecular complexity index is 487. The molecule has 1 saturated carbocycles. The second kappa shape index (κ2) is 7.26. The van der Waals surface area contributed by atoms with Gasteiger partial charge in [-0.1, -0.05) is 25.3 Å². The molecule has 21 heavy (non-hydrogen) atoms. The van der Waals surface area contributed by atoms with Crippen LogP contribution in [0.25, 0.3) is 0 Å². The number of carbonyl (C=O) groups excluding carboxylic acids is 1. The summed E-state index contributed by atoms with van der Waals surface area (Å²) in [4.78, 5) is 11.7. The summed E-state index contributed by atoms with van der Waals surface area (Å²) in [5.41, 5.74) is 2.16. The van der Waals surface area contributed by atoms with Crippen molar-refractivity contribution in [2.75, 3.05) is 6.61 Å². The molecule has 1 atom stereocenters. The topological polar surface area (TPSA) is 26.3 Å². The highest BCUT2D eigenvalue weighted by Gasteiger charge is 2.25. The number of benzene rings is 1. The maximum Gasteiger partial charge on any atom is 0.328 e. The van der Waals surface area contributed by atoms with Gasteiger partial charge < -0.3 is 4.74 Å². The van der Waals surface area contributed by atoms with Crippen molar-refractivity contribution in [1.29, 1.82) is 0 Å². The van der Waals surface area contributed by atoms with Crippen LogP contribution in [0.4, 0.5) is 4.39 Å². The molecule has 1 aliphatic carbocycles. The van der Waals surface area contributed by atoms with Crippen LogP contribution in [-0.2, 0) is 9.53 Å². The summed E-state index contributed by atoms with van der Waals surface area (Å²) in [6.45, 7) is 3.88. The monoisotopic (exact) mass is 312 g/mol. The summed E-state index contributed by atoms with van der Waals surface area (Å²) in [5, 5.41) is -0.946. The lowest BCUT2D eigenvalue weighted by Crippen LogP contribution is -2.13. The predicted octanol–water partition coefficient (Wildman–Crippen LogP) is 5.02. The fourth-order valence-electron chi connectivity index (χ4n) is 3.19. The third-order valence-electron chi connectivity index (χ3n) is 4.16. The van der Waals surface area contributed by atoms with E-state index in [1.807, 2.05) is 13.0 Å². The molecule has 0 aliphatic heterocycles. The molecule has 0 N–H and O–H groups in total. The largest absolute Gasteiger partial charge is 0.465 e. The standard InChI is InChI=1S/C17H22ClFO2/c1-3-21-17(20)16(18)13-9-11(2)15(14(19)10-13)12-7-5-4-6-8-12/h9-10,12,16H,3-8H2,1-2H3. The number of aryl methyl sites for hydroxylation is 1. The van der Waals surface area contributed by atoms with E-state index in [0.717, 1.165) is 36.8 Å². The Morgan fingerprint density at radius 3 is 2.62 bits per heavy atom. The molecule has 0 heterocycles. The second-order valence-electron chi connectivity index (χ2n) is 5.68. The molecule has 0 aromatic heterocycles. The van der Waals surface area contributed by atoms with Gasteiger partial charge >= 0.3 is 5.97 Å². The van der Waals surface area contributed by atoms with E-state index >= 15 is 0 Å². The third kappa shape index (κ3) is 3.76. The second-order valence-corrected chi connectivity index (χ2v) is 6.12. The molecular weight excluding hydrogens is 291 g/mol. The van der Waals surface area contributed by atoms with Crippen LogP contribution in [0.3, 0.4) is 0 Å². The lowest BCUT2D eigenvalue weighted by molar-refractivity contribution is -0.142. The highest BCUT2D eigenvalue weighted by molar-refractivity contribution is 6.29. The molecule has 1 unspecified atom stereocenters. The maximum atomic E-state index is 14.5. The molecule has 1 aliphatic rings. The molecule has 1 aromatic rings. The minimum atomic E-state index is -0.946. The summed E-state index contributed by atoms with van der Waals surface area (Å²) >= 11 is 6.08. The van der Waals surface area contributed by atoms with Crippen LogP contribution in [0, 0.1) is 12.7 Å². The van der Waals surface area contributed by atoms with E-state index < -0.39 is 11.3 Å². The maximum absolute atomic E-state index is 14.5. The fourth-order valence-corrected chi connectivity index (χ4v) is 3.38. The minimum absolute atomic E-state index is 0.244. The Kier molecular flexibility index (Phi) is 5.63. The van der Waals surface area contributed by atoms with Gasteiger partial charge in [-0.05, 0) is 55.4 Å². The molecule has 4 heteroatoms. The zero-order chi connectivity index (χ0) is 15.4. The average molecular weight is 313 g/mol. The average Bonchev–Trinajstić information content (AvgIpc) is 2.47. The van der Waals surface area contributed by atoms with E-state index in [2.05, 4.69) is 0 Å². The molecule has 1 aromatic carbocycles. The molecule has 0 amide bonds. The summed E-state index contributed by atoms with van der Waals surface area (Å²) in [5.74, 6) is -0.473. The molecule has 2 nitrogen and oxygen atoms in total. The van der Waals surface area contributed by atoms with Crippen LogP contribution < -0.4 is 0 Å². The minimum Gasteiger partial charge on any atom is -0.465 e. The van der Waals surface area contributed by atoms with Crippen molar-refractivity contribution in [2.45, 2.75) is 57.2 Å². The number of ether oxygens (including phenoxy) is 1. The summed E-state index contributed by atoms with van der Waals surface area (Å²) in [6.07, 6.45) is 5.64. The Morgan fingerprint density at radius 2 is 2.05 bits per heavy atom. The van der Waals surface area contributed by atoms with Gasteiger partial charge in [-0.3, -0.25) is 4.79 Å². The van der Waals surface area contributed by atoms with Crippen molar-refractivity contribution in [3.8, 4) is 0 Å². The Hall–Kier alpha value is -1.09. The van der Waals surface area contributed by atoms with E-state index in [4.69, 9.17) is 16.3 Å². The van der Waals surface area contributed by atoms with Gasteiger partial charge in [0, 0.05) is 0 Å². The van der Waals surface area contributed by atoms with Gasteiger partial charge in [-0.15, -0.1) is 11.6 Å². The van der Waals surface area contributed by atoms with Gasteiger partial charge in [0.15, 0.2) is 5.38 Å². The van der Waals surface area contributed by atoms with Crippen molar-refractivity contribution in [3.05, 3.63) is 34.6 Å². The number of rotatable bonds is 4. The van der Waals surface area contributed by atoms with Crippen LogP contribution in [0.5, 0.6) is 0 Å². The van der Waals surface area contributed by atoms with Crippen LogP contribution in [0.15, 0.2) is 12.1 Å². The smallest absolute Gasteiger partial charge is 0.328 e. The first-order valence-electron chi connectivity index (χ1n) is 7.65. The van der Waals surface area contributed by atoms with E-state index in [9.17, 15) is 9.18 Å². The number of carbonyl (C=O) groups is 1. The lowest BCUT2D eigenvalue weighted by atomic mass is 9.81. The van der Waals surface area contributed by atoms with Crippen LogP contribution in [0.2, 0.25) is 0 Å². The number of hydrogen-bond acceptors (Lipinski definition) is 2. The van der Waals surface area contributed by atoms with Gasteiger partial charge in [-0.2, -0.15) is 0 Å². The first kappa shape index (κ1) is 16.3.